The minimum atomic E-state index is 0.405. The Labute approximate surface area is 128 Å². The molecule has 0 aliphatic heterocycles. The van der Waals surface area contributed by atoms with E-state index in [0.29, 0.717) is 16.9 Å². The number of hydrogen-bond acceptors (Lipinski definition) is 2. The molecule has 0 unspecified atom stereocenters. The monoisotopic (exact) mass is 282 g/mol. The minimum absolute atomic E-state index is 0.405. The minimum Gasteiger partial charge on any atom is -0.382 e. The van der Waals surface area contributed by atoms with Gasteiger partial charge in [-0.05, 0) is 42.2 Å². The fourth-order valence-corrected chi connectivity index (χ4v) is 4.39. The van der Waals surface area contributed by atoms with Crippen LogP contribution in [0.4, 0.5) is 5.69 Å². The fourth-order valence-electron chi connectivity index (χ4n) is 4.39. The molecule has 1 aliphatic carbocycles. The number of aromatic nitrogens is 1. The standard InChI is InChI=1S/C19H26N2/c1-18(2)11-14(12-19(3,4)13-18)21-17-9-10-20-16-8-6-5-7-15(16)17/h5-10,14H,11-13H2,1-4H3,(H,20,21). The Hall–Kier alpha value is -1.57. The maximum atomic E-state index is 4.45. The van der Waals surface area contributed by atoms with E-state index in [1.807, 2.05) is 12.3 Å². The summed E-state index contributed by atoms with van der Waals surface area (Å²) in [5, 5.41) is 5.02. The van der Waals surface area contributed by atoms with Crippen molar-refractivity contribution >= 4 is 16.6 Å². The Morgan fingerprint density at radius 2 is 1.67 bits per heavy atom. The van der Waals surface area contributed by atoms with E-state index in [0.717, 1.165) is 5.52 Å². The molecule has 1 aromatic heterocycles. The van der Waals surface area contributed by atoms with Gasteiger partial charge in [-0.15, -0.1) is 0 Å². The van der Waals surface area contributed by atoms with Crippen LogP contribution in [0.2, 0.25) is 0 Å². The summed E-state index contributed by atoms with van der Waals surface area (Å²) in [6.45, 7) is 9.58. The average Bonchev–Trinajstić information content (AvgIpc) is 2.35. The van der Waals surface area contributed by atoms with Gasteiger partial charge in [0.05, 0.1) is 5.52 Å². The number of benzene rings is 1. The van der Waals surface area contributed by atoms with Gasteiger partial charge in [-0.1, -0.05) is 45.9 Å². The molecule has 2 nitrogen and oxygen atoms in total. The largest absolute Gasteiger partial charge is 0.382 e. The van der Waals surface area contributed by atoms with Crippen molar-refractivity contribution < 1.29 is 0 Å². The quantitative estimate of drug-likeness (QED) is 0.813. The van der Waals surface area contributed by atoms with Crippen LogP contribution in [0.5, 0.6) is 0 Å². The van der Waals surface area contributed by atoms with E-state index >= 15 is 0 Å². The van der Waals surface area contributed by atoms with Crippen LogP contribution in [-0.4, -0.2) is 11.0 Å². The zero-order valence-corrected chi connectivity index (χ0v) is 13.6. The van der Waals surface area contributed by atoms with Crippen molar-refractivity contribution in [1.29, 1.82) is 0 Å². The van der Waals surface area contributed by atoms with Crippen LogP contribution < -0.4 is 5.32 Å². The van der Waals surface area contributed by atoms with Crippen molar-refractivity contribution in [2.75, 3.05) is 5.32 Å². The predicted octanol–water partition coefficient (Wildman–Crippen LogP) is 5.25. The van der Waals surface area contributed by atoms with Gasteiger partial charge in [0.1, 0.15) is 0 Å². The van der Waals surface area contributed by atoms with E-state index in [-0.39, 0.29) is 0 Å². The molecule has 2 heteroatoms. The van der Waals surface area contributed by atoms with Gasteiger partial charge in [-0.2, -0.15) is 0 Å². The molecule has 0 bridgehead atoms. The number of para-hydroxylation sites is 1. The number of rotatable bonds is 2. The molecule has 0 radical (unpaired) electrons. The lowest BCUT2D eigenvalue weighted by atomic mass is 9.63. The fraction of sp³-hybridized carbons (Fsp3) is 0.526. The molecule has 0 atom stereocenters. The van der Waals surface area contributed by atoms with Crippen molar-refractivity contribution in [2.24, 2.45) is 10.8 Å². The Kier molecular flexibility index (Phi) is 3.43. The topological polar surface area (TPSA) is 24.9 Å². The molecule has 0 saturated heterocycles. The normalized spacial score (nSPS) is 21.3. The van der Waals surface area contributed by atoms with Gasteiger partial charge in [0.15, 0.2) is 0 Å². The van der Waals surface area contributed by atoms with Crippen molar-refractivity contribution in [2.45, 2.75) is 53.0 Å². The summed E-state index contributed by atoms with van der Waals surface area (Å²) in [6.07, 6.45) is 5.67. The van der Waals surface area contributed by atoms with Gasteiger partial charge < -0.3 is 5.32 Å². The first kappa shape index (κ1) is 14.4. The number of nitrogens with one attached hydrogen (secondary N) is 1. The third kappa shape index (κ3) is 3.20. The van der Waals surface area contributed by atoms with E-state index in [1.165, 1.54) is 30.3 Å². The van der Waals surface area contributed by atoms with Gasteiger partial charge in [0, 0.05) is 23.3 Å². The second kappa shape index (κ2) is 5.01. The molecule has 0 amide bonds. The number of anilines is 1. The summed E-state index contributed by atoms with van der Waals surface area (Å²) in [5.74, 6) is 0. The summed E-state index contributed by atoms with van der Waals surface area (Å²) in [4.78, 5) is 4.45. The lowest BCUT2D eigenvalue weighted by Gasteiger charge is -2.45. The summed E-state index contributed by atoms with van der Waals surface area (Å²) >= 11 is 0. The predicted molar refractivity (Wildman–Crippen MR) is 90.6 cm³/mol. The van der Waals surface area contributed by atoms with Gasteiger partial charge in [0.25, 0.3) is 0 Å². The smallest absolute Gasteiger partial charge is 0.0722 e. The average molecular weight is 282 g/mol. The molecule has 1 fully saturated rings. The van der Waals surface area contributed by atoms with E-state index in [4.69, 9.17) is 0 Å². The Morgan fingerprint density at radius 3 is 2.38 bits per heavy atom. The molecule has 1 heterocycles. The SMILES string of the molecule is CC1(C)CC(Nc2ccnc3ccccc23)CC(C)(C)C1. The van der Waals surface area contributed by atoms with Gasteiger partial charge in [0.2, 0.25) is 0 Å². The van der Waals surface area contributed by atoms with Crippen molar-refractivity contribution in [1.82, 2.24) is 4.98 Å². The summed E-state index contributed by atoms with van der Waals surface area (Å²) in [6, 6.07) is 11.0. The van der Waals surface area contributed by atoms with Gasteiger partial charge in [-0.25, -0.2) is 0 Å². The third-order valence-electron chi connectivity index (χ3n) is 4.56. The number of fused-ring (bicyclic) bond motifs is 1. The molecular formula is C19H26N2. The third-order valence-corrected chi connectivity index (χ3v) is 4.56. The van der Waals surface area contributed by atoms with Crippen molar-refractivity contribution in [3.05, 3.63) is 36.5 Å². The number of nitrogens with zero attached hydrogens (tertiary/aromatic N) is 1. The summed E-state index contributed by atoms with van der Waals surface area (Å²) in [7, 11) is 0. The molecule has 1 saturated carbocycles. The van der Waals surface area contributed by atoms with Crippen LogP contribution in [0, 0.1) is 10.8 Å². The van der Waals surface area contributed by atoms with Crippen LogP contribution in [0.25, 0.3) is 10.9 Å². The van der Waals surface area contributed by atoms with E-state index < -0.39 is 0 Å². The summed E-state index contributed by atoms with van der Waals surface area (Å²) in [5.41, 5.74) is 3.10. The number of hydrogen-bond donors (Lipinski definition) is 1. The zero-order valence-electron chi connectivity index (χ0n) is 13.6. The Bertz CT molecular complexity index is 622. The Morgan fingerprint density at radius 1 is 1.00 bits per heavy atom. The van der Waals surface area contributed by atoms with Crippen LogP contribution in [0.1, 0.15) is 47.0 Å². The highest BCUT2D eigenvalue weighted by Gasteiger charge is 2.38. The summed E-state index contributed by atoms with van der Waals surface area (Å²) < 4.78 is 0. The second-order valence-electron chi connectivity index (χ2n) is 8.13. The molecule has 1 aromatic carbocycles. The highest BCUT2D eigenvalue weighted by Crippen LogP contribution is 2.46. The highest BCUT2D eigenvalue weighted by molar-refractivity contribution is 5.90. The molecule has 21 heavy (non-hydrogen) atoms. The molecule has 112 valence electrons. The van der Waals surface area contributed by atoms with Gasteiger partial charge in [-0.3, -0.25) is 4.98 Å². The molecule has 2 aromatic rings. The van der Waals surface area contributed by atoms with E-state index in [1.54, 1.807) is 0 Å². The van der Waals surface area contributed by atoms with Crippen LogP contribution in [0.3, 0.4) is 0 Å². The van der Waals surface area contributed by atoms with Crippen LogP contribution in [-0.2, 0) is 0 Å². The first-order valence-corrected chi connectivity index (χ1v) is 7.95. The first-order chi connectivity index (χ1) is 9.85. The molecule has 0 spiro atoms. The highest BCUT2D eigenvalue weighted by atomic mass is 14.9. The zero-order chi connectivity index (χ0) is 15.1. The van der Waals surface area contributed by atoms with Crippen LogP contribution in [0.15, 0.2) is 36.5 Å². The van der Waals surface area contributed by atoms with Crippen LogP contribution >= 0.6 is 0 Å². The lowest BCUT2D eigenvalue weighted by molar-refractivity contribution is 0.105. The number of pyridine rings is 1. The van der Waals surface area contributed by atoms with E-state index in [9.17, 15) is 0 Å². The second-order valence-corrected chi connectivity index (χ2v) is 8.13. The maximum Gasteiger partial charge on any atom is 0.0722 e. The Balaban J connectivity index is 1.88. The molecule has 3 rings (SSSR count). The molecular weight excluding hydrogens is 256 g/mol. The maximum absolute atomic E-state index is 4.45. The van der Waals surface area contributed by atoms with Crippen molar-refractivity contribution in [3.8, 4) is 0 Å². The van der Waals surface area contributed by atoms with E-state index in [2.05, 4.69) is 62.3 Å². The lowest BCUT2D eigenvalue weighted by Crippen LogP contribution is -2.40. The molecule has 1 aliphatic rings. The first-order valence-electron chi connectivity index (χ1n) is 7.95. The molecule has 1 N–H and O–H groups in total. The van der Waals surface area contributed by atoms with Crippen molar-refractivity contribution in [3.63, 3.8) is 0 Å². The van der Waals surface area contributed by atoms with Gasteiger partial charge >= 0.3 is 0 Å².